The maximum atomic E-state index is 11.7. The van der Waals surface area contributed by atoms with Crippen molar-refractivity contribution in [3.05, 3.63) is 0 Å². The van der Waals surface area contributed by atoms with Gasteiger partial charge >= 0.3 is 11.9 Å². The maximum Gasteiger partial charge on any atom is 0.322 e. The van der Waals surface area contributed by atoms with Crippen molar-refractivity contribution in [2.45, 2.75) is 25.3 Å². The van der Waals surface area contributed by atoms with Crippen LogP contribution >= 0.6 is 0 Å². The molecule has 0 aromatic heterocycles. The third-order valence-electron chi connectivity index (χ3n) is 2.37. The summed E-state index contributed by atoms with van der Waals surface area (Å²) in [6, 6.07) is -1.64. The molecular weight excluding hydrogens is 252 g/mol. The van der Waals surface area contributed by atoms with Gasteiger partial charge in [0, 0.05) is 13.1 Å². The van der Waals surface area contributed by atoms with Gasteiger partial charge in [0.2, 0.25) is 0 Å². The van der Waals surface area contributed by atoms with Gasteiger partial charge in [-0.1, -0.05) is 0 Å². The Hall–Kier alpha value is -1.19. The molecule has 0 amide bonds. The molecule has 9 heteroatoms. The summed E-state index contributed by atoms with van der Waals surface area (Å²) in [5.41, 5.74) is 0. The summed E-state index contributed by atoms with van der Waals surface area (Å²) in [5.74, 6) is -2.88. The van der Waals surface area contributed by atoms with Crippen LogP contribution in [-0.4, -0.2) is 54.0 Å². The molecule has 1 atom stereocenters. The van der Waals surface area contributed by atoms with Gasteiger partial charge in [0.05, 0.1) is 6.42 Å². The topological polar surface area (TPSA) is 124 Å². The number of aliphatic carboxylic acids is 2. The minimum Gasteiger partial charge on any atom is -0.481 e. The molecule has 0 radical (unpaired) electrons. The van der Waals surface area contributed by atoms with Crippen molar-refractivity contribution in [2.75, 3.05) is 13.1 Å². The highest BCUT2D eigenvalue weighted by atomic mass is 32.2. The number of nitrogens with zero attached hydrogens (tertiary/aromatic N) is 1. The number of rotatable bonds is 6. The van der Waals surface area contributed by atoms with Crippen molar-refractivity contribution in [1.29, 1.82) is 0 Å². The summed E-state index contributed by atoms with van der Waals surface area (Å²) in [5, 5.41) is 17.2. The van der Waals surface area contributed by atoms with Gasteiger partial charge in [0.1, 0.15) is 6.04 Å². The number of carboxylic acid groups (broad SMARTS) is 2. The maximum absolute atomic E-state index is 11.7. The van der Waals surface area contributed by atoms with Crippen LogP contribution in [0.5, 0.6) is 0 Å². The molecule has 0 aromatic rings. The molecule has 0 bridgehead atoms. The summed E-state index contributed by atoms with van der Waals surface area (Å²) < 4.78 is 26.4. The zero-order chi connectivity index (χ0) is 13.1. The molecule has 0 saturated carbocycles. The lowest BCUT2D eigenvalue weighted by Crippen LogP contribution is -2.48. The van der Waals surface area contributed by atoms with Crippen LogP contribution in [0.3, 0.4) is 0 Å². The molecule has 1 heterocycles. The predicted molar refractivity (Wildman–Crippen MR) is 56.5 cm³/mol. The first kappa shape index (κ1) is 13.9. The first-order valence-corrected chi connectivity index (χ1v) is 6.49. The van der Waals surface area contributed by atoms with Gasteiger partial charge in [-0.3, -0.25) is 9.59 Å². The SMILES string of the molecule is O=C(O)C[C@H](NS(=O)(=O)N1CCCC1)C(=O)O. The van der Waals surface area contributed by atoms with E-state index in [1.54, 1.807) is 0 Å². The van der Waals surface area contributed by atoms with Crippen molar-refractivity contribution in [1.82, 2.24) is 9.03 Å². The highest BCUT2D eigenvalue weighted by molar-refractivity contribution is 7.87. The lowest BCUT2D eigenvalue weighted by Gasteiger charge is -2.19. The summed E-state index contributed by atoms with van der Waals surface area (Å²) >= 11 is 0. The van der Waals surface area contributed by atoms with Crippen LogP contribution in [0.15, 0.2) is 0 Å². The van der Waals surface area contributed by atoms with Crippen LogP contribution in [0, 0.1) is 0 Å². The monoisotopic (exact) mass is 266 g/mol. The molecule has 17 heavy (non-hydrogen) atoms. The second-order valence-electron chi connectivity index (χ2n) is 3.72. The lowest BCUT2D eigenvalue weighted by atomic mass is 10.2. The fourth-order valence-electron chi connectivity index (χ4n) is 1.54. The molecule has 0 spiro atoms. The van der Waals surface area contributed by atoms with Crippen LogP contribution in [0.2, 0.25) is 0 Å². The largest absolute Gasteiger partial charge is 0.481 e. The minimum absolute atomic E-state index is 0.328. The first-order chi connectivity index (χ1) is 7.83. The molecule has 0 unspecified atom stereocenters. The highest BCUT2D eigenvalue weighted by Gasteiger charge is 2.31. The van der Waals surface area contributed by atoms with E-state index in [0.29, 0.717) is 13.1 Å². The number of nitrogens with one attached hydrogen (secondary N) is 1. The second kappa shape index (κ2) is 5.43. The average molecular weight is 266 g/mol. The Morgan fingerprint density at radius 1 is 1.24 bits per heavy atom. The Morgan fingerprint density at radius 2 is 1.76 bits per heavy atom. The van der Waals surface area contributed by atoms with E-state index in [9.17, 15) is 18.0 Å². The first-order valence-electron chi connectivity index (χ1n) is 5.05. The molecule has 3 N–H and O–H groups in total. The zero-order valence-electron chi connectivity index (χ0n) is 9.00. The van der Waals surface area contributed by atoms with E-state index < -0.39 is 34.6 Å². The number of hydrogen-bond acceptors (Lipinski definition) is 4. The average Bonchev–Trinajstić information content (AvgIpc) is 2.68. The fourth-order valence-corrected chi connectivity index (χ4v) is 2.97. The van der Waals surface area contributed by atoms with E-state index in [2.05, 4.69) is 0 Å². The van der Waals surface area contributed by atoms with Crippen LogP contribution in [0.1, 0.15) is 19.3 Å². The normalized spacial score (nSPS) is 19.1. The molecule has 1 aliphatic rings. The Morgan fingerprint density at radius 3 is 2.18 bits per heavy atom. The van der Waals surface area contributed by atoms with Gasteiger partial charge < -0.3 is 10.2 Å². The summed E-state index contributed by atoms with van der Waals surface area (Å²) in [6.07, 6.45) is 0.650. The Balaban J connectivity index is 2.71. The Kier molecular flexibility index (Phi) is 4.43. The highest BCUT2D eigenvalue weighted by Crippen LogP contribution is 2.12. The van der Waals surface area contributed by atoms with Gasteiger partial charge in [-0.2, -0.15) is 17.4 Å². The smallest absolute Gasteiger partial charge is 0.322 e. The minimum atomic E-state index is -3.91. The number of carbonyl (C=O) groups is 2. The van der Waals surface area contributed by atoms with E-state index >= 15 is 0 Å². The third kappa shape index (κ3) is 3.95. The van der Waals surface area contributed by atoms with Crippen molar-refractivity contribution in [3.63, 3.8) is 0 Å². The zero-order valence-corrected chi connectivity index (χ0v) is 9.81. The molecule has 1 saturated heterocycles. The van der Waals surface area contributed by atoms with Crippen LogP contribution in [-0.2, 0) is 19.8 Å². The Labute approximate surface area is 98.4 Å². The van der Waals surface area contributed by atoms with Gasteiger partial charge in [-0.25, -0.2) is 0 Å². The van der Waals surface area contributed by atoms with Gasteiger partial charge in [0.15, 0.2) is 0 Å². The van der Waals surface area contributed by atoms with E-state index in [-0.39, 0.29) is 0 Å². The van der Waals surface area contributed by atoms with E-state index in [1.165, 1.54) is 0 Å². The van der Waals surface area contributed by atoms with Crippen molar-refractivity contribution < 1.29 is 28.2 Å². The quantitative estimate of drug-likeness (QED) is 0.557. The predicted octanol–water partition coefficient (Wildman–Crippen LogP) is -1.16. The Bertz CT molecular complexity index is 400. The lowest BCUT2D eigenvalue weighted by molar-refractivity contribution is -0.145. The van der Waals surface area contributed by atoms with E-state index in [4.69, 9.17) is 10.2 Å². The molecule has 1 rings (SSSR count). The van der Waals surface area contributed by atoms with Crippen molar-refractivity contribution in [3.8, 4) is 0 Å². The van der Waals surface area contributed by atoms with E-state index in [0.717, 1.165) is 17.1 Å². The standard InChI is InChI=1S/C8H14N2O6S/c11-7(12)5-6(8(13)14)9-17(15,16)10-3-1-2-4-10/h6,9H,1-5H2,(H,11,12)(H,13,14)/t6-/m0/s1. The van der Waals surface area contributed by atoms with E-state index in [1.807, 2.05) is 4.72 Å². The van der Waals surface area contributed by atoms with Crippen LogP contribution in [0.25, 0.3) is 0 Å². The third-order valence-corrected chi connectivity index (χ3v) is 4.00. The van der Waals surface area contributed by atoms with Crippen molar-refractivity contribution >= 4 is 22.1 Å². The van der Waals surface area contributed by atoms with Crippen LogP contribution < -0.4 is 4.72 Å². The van der Waals surface area contributed by atoms with Gasteiger partial charge in [-0.15, -0.1) is 0 Å². The molecule has 1 aliphatic heterocycles. The number of carboxylic acids is 2. The second-order valence-corrected chi connectivity index (χ2v) is 5.42. The molecule has 0 aliphatic carbocycles. The van der Waals surface area contributed by atoms with Gasteiger partial charge in [-0.05, 0) is 12.8 Å². The van der Waals surface area contributed by atoms with Gasteiger partial charge in [0.25, 0.3) is 10.2 Å². The van der Waals surface area contributed by atoms with Crippen LogP contribution in [0.4, 0.5) is 0 Å². The molecule has 0 aromatic carbocycles. The molecular formula is C8H14N2O6S. The summed E-state index contributed by atoms with van der Waals surface area (Å²) in [7, 11) is -3.91. The summed E-state index contributed by atoms with van der Waals surface area (Å²) in [4.78, 5) is 21.1. The molecule has 8 nitrogen and oxygen atoms in total. The number of hydrogen-bond donors (Lipinski definition) is 3. The summed E-state index contributed by atoms with van der Waals surface area (Å²) in [6.45, 7) is 0.656. The fraction of sp³-hybridized carbons (Fsp3) is 0.750. The molecule has 98 valence electrons. The molecule has 1 fully saturated rings. The van der Waals surface area contributed by atoms with Crippen molar-refractivity contribution in [2.24, 2.45) is 0 Å².